The van der Waals surface area contributed by atoms with E-state index in [1.54, 1.807) is 0 Å². The molecule has 0 saturated heterocycles. The van der Waals surface area contributed by atoms with Crippen LogP contribution in [0.25, 0.3) is 0 Å². The molecule has 0 spiro atoms. The average molecular weight is 347 g/mol. The van der Waals surface area contributed by atoms with Gasteiger partial charge >= 0.3 is 5.69 Å². The summed E-state index contributed by atoms with van der Waals surface area (Å²) >= 11 is 6.03. The van der Waals surface area contributed by atoms with Gasteiger partial charge in [0.2, 0.25) is 5.84 Å². The van der Waals surface area contributed by atoms with Crippen molar-refractivity contribution in [1.82, 2.24) is 14.9 Å². The zero-order valence-corrected chi connectivity index (χ0v) is 13.8. The smallest absolute Gasteiger partial charge is 0.326 e. The molecule has 0 unspecified atom stereocenters. The normalized spacial score (nSPS) is 18.5. The van der Waals surface area contributed by atoms with Gasteiger partial charge in [-0.1, -0.05) is 11.6 Å². The Morgan fingerprint density at radius 1 is 1.09 bits per heavy atom. The van der Waals surface area contributed by atoms with Gasteiger partial charge < -0.3 is 17.4 Å². The molecular weight excluding hydrogens is 327 g/mol. The van der Waals surface area contributed by atoms with Gasteiger partial charge in [-0.2, -0.15) is 0 Å². The van der Waals surface area contributed by atoms with Crippen LogP contribution in [0.1, 0.15) is 37.8 Å². The van der Waals surface area contributed by atoms with Crippen molar-refractivity contribution in [3.63, 3.8) is 0 Å². The van der Waals surface area contributed by atoms with Crippen LogP contribution in [0.5, 0.6) is 0 Å². The van der Waals surface area contributed by atoms with Crippen LogP contribution < -0.4 is 23.7 Å². The highest BCUT2D eigenvalue weighted by atomic mass is 35.5. The van der Waals surface area contributed by atoms with Crippen molar-refractivity contribution in [2.45, 2.75) is 38.6 Å². The molecule has 0 bridgehead atoms. The lowest BCUT2D eigenvalue weighted by atomic mass is 10.2. The van der Waals surface area contributed by atoms with Crippen molar-refractivity contribution in [1.29, 1.82) is 0 Å². The first-order chi connectivity index (χ1) is 10.1. The van der Waals surface area contributed by atoms with E-state index >= 15 is 0 Å². The monoisotopic (exact) mass is 346 g/mol. The SMILES string of the molecule is O=c1[nH]c(CN2CCC[N+]3=C2CCCCC3)c(Cl)c(=O)[nH]1.[Cl-]. The van der Waals surface area contributed by atoms with Crippen molar-refractivity contribution >= 4 is 17.4 Å². The molecule has 0 aromatic carbocycles. The molecule has 1 aromatic rings. The molecule has 0 saturated carbocycles. The molecule has 6 nitrogen and oxygen atoms in total. The van der Waals surface area contributed by atoms with Crippen LogP contribution in [0.3, 0.4) is 0 Å². The van der Waals surface area contributed by atoms with Gasteiger partial charge in [0, 0.05) is 12.8 Å². The van der Waals surface area contributed by atoms with E-state index in [1.165, 1.54) is 25.1 Å². The van der Waals surface area contributed by atoms with Gasteiger partial charge in [-0.15, -0.1) is 0 Å². The van der Waals surface area contributed by atoms with E-state index < -0.39 is 11.2 Å². The summed E-state index contributed by atoms with van der Waals surface area (Å²) < 4.78 is 2.44. The summed E-state index contributed by atoms with van der Waals surface area (Å²) in [6.07, 6.45) is 5.85. The number of rotatable bonds is 2. The molecule has 0 aliphatic carbocycles. The molecule has 3 heterocycles. The first-order valence-corrected chi connectivity index (χ1v) is 7.89. The molecule has 3 rings (SSSR count). The van der Waals surface area contributed by atoms with Crippen LogP contribution in [-0.4, -0.2) is 44.9 Å². The second-order valence-corrected chi connectivity index (χ2v) is 6.07. The maximum Gasteiger partial charge on any atom is 0.326 e. The van der Waals surface area contributed by atoms with Crippen molar-refractivity contribution < 1.29 is 17.0 Å². The zero-order chi connectivity index (χ0) is 14.8. The second-order valence-electron chi connectivity index (χ2n) is 5.69. The fourth-order valence-electron chi connectivity index (χ4n) is 3.22. The maximum absolute atomic E-state index is 11.6. The minimum Gasteiger partial charge on any atom is -1.00 e. The first kappa shape index (κ1) is 17.1. The lowest BCUT2D eigenvalue weighted by Gasteiger charge is -2.26. The number of nitrogens with zero attached hydrogens (tertiary/aromatic N) is 2. The highest BCUT2D eigenvalue weighted by molar-refractivity contribution is 6.31. The molecule has 122 valence electrons. The van der Waals surface area contributed by atoms with Crippen LogP contribution in [-0.2, 0) is 6.54 Å². The Labute approximate surface area is 139 Å². The lowest BCUT2D eigenvalue weighted by molar-refractivity contribution is -0.539. The minimum atomic E-state index is -0.518. The number of hydrogen-bond acceptors (Lipinski definition) is 3. The molecule has 0 amide bonds. The highest BCUT2D eigenvalue weighted by Crippen LogP contribution is 2.18. The molecule has 8 heteroatoms. The van der Waals surface area contributed by atoms with E-state index in [2.05, 4.69) is 19.4 Å². The van der Waals surface area contributed by atoms with E-state index in [4.69, 9.17) is 11.6 Å². The lowest BCUT2D eigenvalue weighted by Crippen LogP contribution is -3.00. The number of halogens is 2. The number of aromatic nitrogens is 2. The van der Waals surface area contributed by atoms with Crippen LogP contribution in [0.2, 0.25) is 5.02 Å². The third kappa shape index (κ3) is 3.55. The Balaban J connectivity index is 0.00000176. The van der Waals surface area contributed by atoms with Crippen LogP contribution >= 0.6 is 11.6 Å². The largest absolute Gasteiger partial charge is 1.00 e. The molecule has 0 atom stereocenters. The van der Waals surface area contributed by atoms with Crippen molar-refractivity contribution in [3.8, 4) is 0 Å². The summed E-state index contributed by atoms with van der Waals surface area (Å²) in [6.45, 7) is 3.64. The summed E-state index contributed by atoms with van der Waals surface area (Å²) in [5.74, 6) is 1.33. The number of hydrogen-bond donors (Lipinski definition) is 2. The molecule has 2 aliphatic rings. The summed E-state index contributed by atoms with van der Waals surface area (Å²) in [5, 5.41) is 0.0842. The molecule has 2 N–H and O–H groups in total. The minimum absolute atomic E-state index is 0. The van der Waals surface area contributed by atoms with E-state index in [0.717, 1.165) is 32.5 Å². The van der Waals surface area contributed by atoms with Crippen molar-refractivity contribution in [2.24, 2.45) is 0 Å². The predicted octanol–water partition coefficient (Wildman–Crippen LogP) is -2.09. The number of H-pyrrole nitrogens is 2. The Hall–Kier alpha value is -1.27. The fraction of sp³-hybridized carbons (Fsp3) is 0.643. The molecule has 0 fully saturated rings. The molecule has 0 radical (unpaired) electrons. The number of aromatic amines is 2. The topological polar surface area (TPSA) is 72.0 Å². The van der Waals surface area contributed by atoms with Gasteiger partial charge in [0.15, 0.2) is 0 Å². The Morgan fingerprint density at radius 2 is 1.86 bits per heavy atom. The Morgan fingerprint density at radius 3 is 2.68 bits per heavy atom. The second kappa shape index (κ2) is 7.33. The summed E-state index contributed by atoms with van der Waals surface area (Å²) in [5.41, 5.74) is -0.515. The average Bonchev–Trinajstić information content (AvgIpc) is 2.70. The van der Waals surface area contributed by atoms with Crippen LogP contribution in [0, 0.1) is 0 Å². The molecule has 2 aliphatic heterocycles. The highest BCUT2D eigenvalue weighted by Gasteiger charge is 2.29. The molecular formula is C14H20Cl2N4O2. The number of amidine groups is 1. The Bertz CT molecular complexity index is 680. The molecule has 22 heavy (non-hydrogen) atoms. The van der Waals surface area contributed by atoms with Crippen molar-refractivity contribution in [2.75, 3.05) is 19.6 Å². The summed E-state index contributed by atoms with van der Waals surface area (Å²) in [6, 6.07) is 0. The summed E-state index contributed by atoms with van der Waals surface area (Å²) in [7, 11) is 0. The third-order valence-corrected chi connectivity index (χ3v) is 4.62. The van der Waals surface area contributed by atoms with E-state index in [-0.39, 0.29) is 17.4 Å². The Kier molecular flexibility index (Phi) is 5.69. The standard InChI is InChI=1S/C14H19ClN4O2.ClH/c15-12-10(16-14(21)17-13(12)20)9-19-8-4-7-18-6-3-1-2-5-11(18)19;/h1-9H2,(H-,16,17,20,21);1H. The first-order valence-electron chi connectivity index (χ1n) is 7.52. The maximum atomic E-state index is 11.6. The predicted molar refractivity (Wildman–Crippen MR) is 81.2 cm³/mol. The molecule has 1 aromatic heterocycles. The van der Waals surface area contributed by atoms with Gasteiger partial charge in [0.1, 0.15) is 11.6 Å². The van der Waals surface area contributed by atoms with Crippen LogP contribution in [0.4, 0.5) is 0 Å². The number of nitrogens with one attached hydrogen (secondary N) is 2. The third-order valence-electron chi connectivity index (χ3n) is 4.22. The fourth-order valence-corrected chi connectivity index (χ4v) is 3.37. The van der Waals surface area contributed by atoms with Crippen molar-refractivity contribution in [3.05, 3.63) is 31.6 Å². The van der Waals surface area contributed by atoms with Gasteiger partial charge in [-0.05, 0) is 19.3 Å². The quantitative estimate of drug-likeness (QED) is 0.603. The van der Waals surface area contributed by atoms with Gasteiger partial charge in [0.05, 0.1) is 25.3 Å². The van der Waals surface area contributed by atoms with E-state index in [1.807, 2.05) is 0 Å². The van der Waals surface area contributed by atoms with Gasteiger partial charge in [-0.25, -0.2) is 4.79 Å². The van der Waals surface area contributed by atoms with E-state index in [9.17, 15) is 9.59 Å². The van der Waals surface area contributed by atoms with Crippen LogP contribution in [0.15, 0.2) is 9.59 Å². The zero-order valence-electron chi connectivity index (χ0n) is 12.3. The van der Waals surface area contributed by atoms with E-state index in [0.29, 0.717) is 12.2 Å². The van der Waals surface area contributed by atoms with Gasteiger partial charge in [-0.3, -0.25) is 19.3 Å². The van der Waals surface area contributed by atoms with Gasteiger partial charge in [0.25, 0.3) is 5.56 Å². The summed E-state index contributed by atoms with van der Waals surface area (Å²) in [4.78, 5) is 30.1.